The second-order valence-corrected chi connectivity index (χ2v) is 5.01. The molecule has 0 fully saturated rings. The van der Waals surface area contributed by atoms with Gasteiger partial charge in [-0.15, -0.1) is 0 Å². The fraction of sp³-hybridized carbons (Fsp3) is 0.176. The van der Waals surface area contributed by atoms with Gasteiger partial charge in [0.25, 0.3) is 0 Å². The zero-order valence-electron chi connectivity index (χ0n) is 13.1. The number of halogens is 1. The Kier molecular flexibility index (Phi) is 6.03. The second kappa shape index (κ2) is 8.21. The molecule has 0 aliphatic rings. The molecule has 2 rings (SSSR count). The van der Waals surface area contributed by atoms with E-state index in [0.29, 0.717) is 22.3 Å². The van der Waals surface area contributed by atoms with E-state index in [1.165, 1.54) is 32.4 Å². The van der Waals surface area contributed by atoms with Gasteiger partial charge in [-0.3, -0.25) is 0 Å². The minimum Gasteiger partial charge on any atom is -0.493 e. The van der Waals surface area contributed by atoms with Crippen molar-refractivity contribution in [2.24, 2.45) is 0 Å². The summed E-state index contributed by atoms with van der Waals surface area (Å²) in [6.45, 7) is -0.262. The molecule has 2 aromatic carbocycles. The average Bonchev–Trinajstić information content (AvgIpc) is 2.61. The topological polar surface area (TPSA) is 71.1 Å². The summed E-state index contributed by atoms with van der Waals surface area (Å²) in [5.41, 5.74) is 0.271. The van der Waals surface area contributed by atoms with E-state index >= 15 is 0 Å². The number of esters is 2. The zero-order valence-corrected chi connectivity index (χ0v) is 13.8. The van der Waals surface area contributed by atoms with E-state index in [9.17, 15) is 9.59 Å². The molecule has 7 heteroatoms. The monoisotopic (exact) mass is 350 g/mol. The van der Waals surface area contributed by atoms with Gasteiger partial charge in [0.1, 0.15) is 5.75 Å². The molecule has 0 N–H and O–H groups in total. The van der Waals surface area contributed by atoms with E-state index in [1.54, 1.807) is 24.3 Å². The van der Waals surface area contributed by atoms with Crippen molar-refractivity contribution in [3.05, 3.63) is 53.1 Å². The summed E-state index contributed by atoms with van der Waals surface area (Å²) in [5.74, 6) is -0.108. The Morgan fingerprint density at radius 3 is 2.33 bits per heavy atom. The van der Waals surface area contributed by atoms with Crippen molar-refractivity contribution in [2.75, 3.05) is 20.8 Å². The van der Waals surface area contributed by atoms with Crippen molar-refractivity contribution < 1.29 is 28.5 Å². The van der Waals surface area contributed by atoms with Crippen molar-refractivity contribution in [3.8, 4) is 17.2 Å². The Labute approximate surface area is 143 Å². The molecule has 6 nitrogen and oxygen atoms in total. The Hall–Kier alpha value is -2.73. The highest BCUT2D eigenvalue weighted by atomic mass is 35.5. The Bertz CT molecular complexity index is 726. The minimum atomic E-state index is -0.560. The quantitative estimate of drug-likeness (QED) is 0.589. The third-order valence-corrected chi connectivity index (χ3v) is 3.25. The van der Waals surface area contributed by atoms with Crippen LogP contribution >= 0.6 is 11.6 Å². The van der Waals surface area contributed by atoms with Gasteiger partial charge in [0.05, 0.1) is 19.8 Å². The van der Waals surface area contributed by atoms with Crippen LogP contribution in [0.4, 0.5) is 0 Å². The normalized spacial score (nSPS) is 9.96. The molecule has 0 radical (unpaired) electrons. The first-order valence-corrected chi connectivity index (χ1v) is 7.26. The minimum absolute atomic E-state index is 0.262. The maximum absolute atomic E-state index is 12.2. The largest absolute Gasteiger partial charge is 0.493 e. The number of methoxy groups -OCH3 is 2. The van der Waals surface area contributed by atoms with Gasteiger partial charge in [0, 0.05) is 5.02 Å². The number of hydrogen-bond donors (Lipinski definition) is 0. The molecular formula is C17H15ClO6. The fourth-order valence-electron chi connectivity index (χ4n) is 1.78. The highest BCUT2D eigenvalue weighted by Crippen LogP contribution is 2.28. The lowest BCUT2D eigenvalue weighted by Gasteiger charge is -2.11. The summed E-state index contributed by atoms with van der Waals surface area (Å²) < 4.78 is 20.2. The predicted octanol–water partition coefficient (Wildman–Crippen LogP) is 3.12. The number of carbonyl (C=O) groups excluding carboxylic acids is 2. The van der Waals surface area contributed by atoms with Gasteiger partial charge >= 0.3 is 11.9 Å². The summed E-state index contributed by atoms with van der Waals surface area (Å²) in [4.78, 5) is 23.3. The molecule has 0 heterocycles. The Morgan fingerprint density at radius 2 is 1.71 bits per heavy atom. The van der Waals surface area contributed by atoms with Crippen LogP contribution < -0.4 is 14.2 Å². The third-order valence-electron chi connectivity index (χ3n) is 3.00. The van der Waals surface area contributed by atoms with E-state index in [4.69, 9.17) is 25.8 Å². The van der Waals surface area contributed by atoms with E-state index in [2.05, 4.69) is 4.74 Å². The second-order valence-electron chi connectivity index (χ2n) is 4.57. The third kappa shape index (κ3) is 4.63. The number of ether oxygens (including phenoxy) is 4. The standard InChI is InChI=1S/C17H15ClO6/c1-21-15-9-11(3-8-14(15)23-10-16(19)22-2)17(20)24-13-6-4-12(18)5-7-13/h3-9H,10H2,1-2H3. The summed E-state index contributed by atoms with van der Waals surface area (Å²) >= 11 is 5.78. The maximum atomic E-state index is 12.2. The van der Waals surface area contributed by atoms with Gasteiger partial charge in [0.2, 0.25) is 0 Å². The molecule has 0 aliphatic heterocycles. The number of benzene rings is 2. The molecule has 0 unspecified atom stereocenters. The van der Waals surface area contributed by atoms with Crippen molar-refractivity contribution in [1.29, 1.82) is 0 Å². The molecule has 2 aromatic rings. The van der Waals surface area contributed by atoms with E-state index in [1.807, 2.05) is 0 Å². The summed E-state index contributed by atoms with van der Waals surface area (Å²) in [6.07, 6.45) is 0. The lowest BCUT2D eigenvalue weighted by molar-refractivity contribution is -0.142. The predicted molar refractivity (Wildman–Crippen MR) is 86.9 cm³/mol. The molecule has 0 saturated carbocycles. The molecule has 0 aliphatic carbocycles. The van der Waals surface area contributed by atoms with Crippen LogP contribution in [0.2, 0.25) is 5.02 Å². The van der Waals surface area contributed by atoms with Crippen molar-refractivity contribution in [1.82, 2.24) is 0 Å². The first-order chi connectivity index (χ1) is 11.5. The van der Waals surface area contributed by atoms with Gasteiger partial charge in [0.15, 0.2) is 18.1 Å². The smallest absolute Gasteiger partial charge is 0.343 e. The zero-order chi connectivity index (χ0) is 17.5. The first-order valence-electron chi connectivity index (χ1n) is 6.89. The molecule has 0 saturated heterocycles. The average molecular weight is 351 g/mol. The van der Waals surface area contributed by atoms with Crippen LogP contribution in [0.15, 0.2) is 42.5 Å². The molecule has 0 amide bonds. The van der Waals surface area contributed by atoms with Crippen LogP contribution in [0.25, 0.3) is 0 Å². The van der Waals surface area contributed by atoms with Gasteiger partial charge in [-0.2, -0.15) is 0 Å². The lowest BCUT2D eigenvalue weighted by Crippen LogP contribution is -2.13. The maximum Gasteiger partial charge on any atom is 0.343 e. The van der Waals surface area contributed by atoms with E-state index < -0.39 is 11.9 Å². The van der Waals surface area contributed by atoms with E-state index in [-0.39, 0.29) is 12.2 Å². The van der Waals surface area contributed by atoms with Gasteiger partial charge in [-0.1, -0.05) is 11.6 Å². The Morgan fingerprint density at radius 1 is 1.00 bits per heavy atom. The summed E-state index contributed by atoms with van der Waals surface area (Å²) in [6, 6.07) is 10.9. The Balaban J connectivity index is 2.11. The molecular weight excluding hydrogens is 336 g/mol. The number of hydrogen-bond acceptors (Lipinski definition) is 6. The van der Waals surface area contributed by atoms with Gasteiger partial charge in [-0.05, 0) is 42.5 Å². The summed E-state index contributed by atoms with van der Waals surface area (Å²) in [5, 5.41) is 0.545. The van der Waals surface area contributed by atoms with Crippen LogP contribution in [-0.2, 0) is 9.53 Å². The van der Waals surface area contributed by atoms with Crippen molar-refractivity contribution in [3.63, 3.8) is 0 Å². The van der Waals surface area contributed by atoms with Crippen LogP contribution in [-0.4, -0.2) is 32.8 Å². The number of carbonyl (C=O) groups is 2. The van der Waals surface area contributed by atoms with Crippen molar-refractivity contribution in [2.45, 2.75) is 0 Å². The van der Waals surface area contributed by atoms with Crippen LogP contribution in [0, 0.1) is 0 Å². The fourth-order valence-corrected chi connectivity index (χ4v) is 1.90. The van der Waals surface area contributed by atoms with Crippen LogP contribution in [0.3, 0.4) is 0 Å². The van der Waals surface area contributed by atoms with Gasteiger partial charge < -0.3 is 18.9 Å². The molecule has 24 heavy (non-hydrogen) atoms. The summed E-state index contributed by atoms with van der Waals surface area (Å²) in [7, 11) is 2.69. The lowest BCUT2D eigenvalue weighted by atomic mass is 10.2. The number of rotatable bonds is 6. The highest BCUT2D eigenvalue weighted by Gasteiger charge is 2.14. The molecule has 126 valence electrons. The van der Waals surface area contributed by atoms with Crippen molar-refractivity contribution >= 4 is 23.5 Å². The molecule has 0 atom stereocenters. The highest BCUT2D eigenvalue weighted by molar-refractivity contribution is 6.30. The van der Waals surface area contributed by atoms with Crippen LogP contribution in [0.1, 0.15) is 10.4 Å². The first kappa shape index (κ1) is 17.6. The van der Waals surface area contributed by atoms with Crippen LogP contribution in [0.5, 0.6) is 17.2 Å². The molecule has 0 spiro atoms. The molecule has 0 aromatic heterocycles. The van der Waals surface area contributed by atoms with Gasteiger partial charge in [-0.25, -0.2) is 9.59 Å². The van der Waals surface area contributed by atoms with E-state index in [0.717, 1.165) is 0 Å². The molecule has 0 bridgehead atoms. The SMILES string of the molecule is COC(=O)COc1ccc(C(=O)Oc2ccc(Cl)cc2)cc1OC.